The van der Waals surface area contributed by atoms with E-state index in [1.165, 1.54) is 6.26 Å². The Morgan fingerprint density at radius 3 is 2.80 bits per heavy atom. The number of anilines is 1. The molecule has 0 aliphatic carbocycles. The van der Waals surface area contributed by atoms with Crippen molar-refractivity contribution in [3.05, 3.63) is 29.4 Å². The van der Waals surface area contributed by atoms with Crippen LogP contribution in [0.1, 0.15) is 17.1 Å². The molecule has 0 unspecified atom stereocenters. The monoisotopic (exact) mass is 205 g/mol. The highest BCUT2D eigenvalue weighted by atomic mass is 16.5. The summed E-state index contributed by atoms with van der Waals surface area (Å²) in [5.41, 5.74) is 2.51. The molecule has 0 aliphatic heterocycles. The highest BCUT2D eigenvalue weighted by Crippen LogP contribution is 2.03. The van der Waals surface area contributed by atoms with Crippen LogP contribution in [0.5, 0.6) is 0 Å². The smallest absolute Gasteiger partial charge is 0.243 e. The second-order valence-corrected chi connectivity index (χ2v) is 3.15. The molecule has 0 aromatic carbocycles. The van der Waals surface area contributed by atoms with Crippen LogP contribution in [0.25, 0.3) is 0 Å². The van der Waals surface area contributed by atoms with Gasteiger partial charge in [-0.05, 0) is 13.8 Å². The Hall–Kier alpha value is -1.98. The van der Waals surface area contributed by atoms with Gasteiger partial charge >= 0.3 is 0 Å². The minimum Gasteiger partial charge on any atom is -0.364 e. The van der Waals surface area contributed by atoms with Crippen LogP contribution in [0.3, 0.4) is 0 Å². The lowest BCUT2D eigenvalue weighted by atomic mass is 10.4. The van der Waals surface area contributed by atoms with Crippen molar-refractivity contribution in [2.75, 3.05) is 5.32 Å². The molecule has 0 fully saturated rings. The SMILES string of the molecule is Cc1nnc(NCc2ccon2)nc1C. The fourth-order valence-corrected chi connectivity index (χ4v) is 1.03. The molecule has 2 aromatic heterocycles. The summed E-state index contributed by atoms with van der Waals surface area (Å²) in [6, 6.07) is 1.78. The van der Waals surface area contributed by atoms with Gasteiger partial charge in [0.1, 0.15) is 12.0 Å². The summed E-state index contributed by atoms with van der Waals surface area (Å²) >= 11 is 0. The zero-order valence-corrected chi connectivity index (χ0v) is 8.56. The highest BCUT2D eigenvalue weighted by molar-refractivity contribution is 5.25. The molecule has 0 saturated carbocycles. The van der Waals surface area contributed by atoms with E-state index in [1.807, 2.05) is 13.8 Å². The molecule has 0 bridgehead atoms. The first-order valence-corrected chi connectivity index (χ1v) is 4.57. The Kier molecular flexibility index (Phi) is 2.57. The lowest BCUT2D eigenvalue weighted by molar-refractivity contribution is 0.412. The average molecular weight is 205 g/mol. The molecule has 0 aliphatic rings. The van der Waals surface area contributed by atoms with Gasteiger partial charge < -0.3 is 9.84 Å². The summed E-state index contributed by atoms with van der Waals surface area (Å²) in [6.45, 7) is 4.29. The van der Waals surface area contributed by atoms with Crippen LogP contribution in [-0.4, -0.2) is 20.3 Å². The van der Waals surface area contributed by atoms with Crippen LogP contribution in [0.4, 0.5) is 5.95 Å². The fraction of sp³-hybridized carbons (Fsp3) is 0.333. The van der Waals surface area contributed by atoms with E-state index in [2.05, 4.69) is 25.7 Å². The number of nitrogens with one attached hydrogen (secondary N) is 1. The number of aromatic nitrogens is 4. The third-order valence-electron chi connectivity index (χ3n) is 2.01. The standard InChI is InChI=1S/C9H11N5O/c1-6-7(2)12-13-9(11-6)10-5-8-3-4-15-14-8/h3-4H,5H2,1-2H3,(H,10,11,13). The quantitative estimate of drug-likeness (QED) is 0.808. The molecule has 0 atom stereocenters. The molecular weight excluding hydrogens is 194 g/mol. The highest BCUT2D eigenvalue weighted by Gasteiger charge is 2.02. The van der Waals surface area contributed by atoms with Crippen molar-refractivity contribution in [3.63, 3.8) is 0 Å². The van der Waals surface area contributed by atoms with Gasteiger partial charge in [-0.2, -0.15) is 5.10 Å². The molecule has 0 spiro atoms. The fourth-order valence-electron chi connectivity index (χ4n) is 1.03. The topological polar surface area (TPSA) is 76.7 Å². The van der Waals surface area contributed by atoms with E-state index in [9.17, 15) is 0 Å². The molecule has 15 heavy (non-hydrogen) atoms. The Balaban J connectivity index is 2.02. The predicted octanol–water partition coefficient (Wildman–Crippen LogP) is 1.09. The molecule has 6 heteroatoms. The maximum Gasteiger partial charge on any atom is 0.243 e. The molecule has 2 aromatic rings. The van der Waals surface area contributed by atoms with Gasteiger partial charge in [0.05, 0.1) is 17.9 Å². The summed E-state index contributed by atoms with van der Waals surface area (Å²) in [6.07, 6.45) is 1.52. The molecule has 6 nitrogen and oxygen atoms in total. The van der Waals surface area contributed by atoms with Crippen molar-refractivity contribution in [2.45, 2.75) is 20.4 Å². The van der Waals surface area contributed by atoms with Gasteiger partial charge in [0.15, 0.2) is 0 Å². The van der Waals surface area contributed by atoms with Gasteiger partial charge in [-0.1, -0.05) is 5.16 Å². The van der Waals surface area contributed by atoms with E-state index < -0.39 is 0 Å². The molecule has 0 saturated heterocycles. The Morgan fingerprint density at radius 2 is 2.13 bits per heavy atom. The van der Waals surface area contributed by atoms with Gasteiger partial charge in [-0.3, -0.25) is 0 Å². The number of aryl methyl sites for hydroxylation is 2. The average Bonchev–Trinajstić information content (AvgIpc) is 2.73. The van der Waals surface area contributed by atoms with Crippen molar-refractivity contribution < 1.29 is 4.52 Å². The molecule has 2 heterocycles. The molecule has 78 valence electrons. The summed E-state index contributed by atoms with van der Waals surface area (Å²) in [4.78, 5) is 4.23. The van der Waals surface area contributed by atoms with E-state index in [0.717, 1.165) is 17.1 Å². The Morgan fingerprint density at radius 1 is 1.27 bits per heavy atom. The molecule has 1 N–H and O–H groups in total. The van der Waals surface area contributed by atoms with Crippen LogP contribution in [0.2, 0.25) is 0 Å². The molecular formula is C9H11N5O. The Labute approximate surface area is 86.7 Å². The largest absolute Gasteiger partial charge is 0.364 e. The normalized spacial score (nSPS) is 10.3. The molecule has 2 rings (SSSR count). The first-order valence-electron chi connectivity index (χ1n) is 4.57. The van der Waals surface area contributed by atoms with Crippen molar-refractivity contribution >= 4 is 5.95 Å². The van der Waals surface area contributed by atoms with Crippen molar-refractivity contribution in [3.8, 4) is 0 Å². The lowest BCUT2D eigenvalue weighted by Crippen LogP contribution is -2.07. The first-order chi connectivity index (χ1) is 7.25. The van der Waals surface area contributed by atoms with Crippen molar-refractivity contribution in [2.24, 2.45) is 0 Å². The van der Waals surface area contributed by atoms with Gasteiger partial charge in [-0.15, -0.1) is 5.10 Å². The zero-order chi connectivity index (χ0) is 10.7. The van der Waals surface area contributed by atoms with E-state index in [0.29, 0.717) is 12.5 Å². The minimum atomic E-state index is 0.501. The Bertz CT molecular complexity index is 440. The predicted molar refractivity (Wildman–Crippen MR) is 53.1 cm³/mol. The maximum absolute atomic E-state index is 4.70. The summed E-state index contributed by atoms with van der Waals surface area (Å²) in [7, 11) is 0. The van der Waals surface area contributed by atoms with Gasteiger partial charge in [0.2, 0.25) is 5.95 Å². The van der Waals surface area contributed by atoms with Crippen LogP contribution >= 0.6 is 0 Å². The van der Waals surface area contributed by atoms with Crippen molar-refractivity contribution in [1.82, 2.24) is 20.3 Å². The van der Waals surface area contributed by atoms with Crippen molar-refractivity contribution in [1.29, 1.82) is 0 Å². The van der Waals surface area contributed by atoms with Crippen LogP contribution in [0.15, 0.2) is 16.9 Å². The van der Waals surface area contributed by atoms with Crippen LogP contribution in [-0.2, 0) is 6.54 Å². The van der Waals surface area contributed by atoms with Crippen LogP contribution < -0.4 is 5.32 Å². The molecule has 0 amide bonds. The third kappa shape index (κ3) is 2.28. The first kappa shape index (κ1) is 9.57. The maximum atomic E-state index is 4.70. The second kappa shape index (κ2) is 4.04. The molecule has 0 radical (unpaired) electrons. The van der Waals surface area contributed by atoms with Gasteiger partial charge in [0, 0.05) is 6.07 Å². The van der Waals surface area contributed by atoms with Crippen LogP contribution in [0, 0.1) is 13.8 Å². The zero-order valence-electron chi connectivity index (χ0n) is 8.56. The summed E-state index contributed by atoms with van der Waals surface area (Å²) in [5, 5.41) is 14.6. The third-order valence-corrected chi connectivity index (χ3v) is 2.01. The second-order valence-electron chi connectivity index (χ2n) is 3.15. The van der Waals surface area contributed by atoms with Gasteiger partial charge in [0.25, 0.3) is 0 Å². The number of nitrogens with zero attached hydrogens (tertiary/aromatic N) is 4. The summed E-state index contributed by atoms with van der Waals surface area (Å²) in [5.74, 6) is 0.501. The summed E-state index contributed by atoms with van der Waals surface area (Å²) < 4.78 is 4.70. The van der Waals surface area contributed by atoms with E-state index >= 15 is 0 Å². The van der Waals surface area contributed by atoms with E-state index in [4.69, 9.17) is 4.52 Å². The lowest BCUT2D eigenvalue weighted by Gasteiger charge is -2.02. The van der Waals surface area contributed by atoms with Gasteiger partial charge in [-0.25, -0.2) is 4.98 Å². The van der Waals surface area contributed by atoms with E-state index in [-0.39, 0.29) is 0 Å². The van der Waals surface area contributed by atoms with E-state index in [1.54, 1.807) is 6.07 Å². The number of hydrogen-bond acceptors (Lipinski definition) is 6. The number of rotatable bonds is 3. The number of hydrogen-bond donors (Lipinski definition) is 1. The minimum absolute atomic E-state index is 0.501.